The Hall–Kier alpha value is -0.830. The molecule has 2 bridgehead atoms. The molecule has 5 atom stereocenters. The molecule has 5 unspecified atom stereocenters. The van der Waals surface area contributed by atoms with Crippen LogP contribution in [0.1, 0.15) is 37.9 Å². The number of nitrogens with one attached hydrogen (secondary N) is 1. The van der Waals surface area contributed by atoms with Crippen LogP contribution in [0.25, 0.3) is 0 Å². The minimum Gasteiger partial charge on any atom is -0.309 e. The number of fused-ring (bicyclic) bond motifs is 5. The minimum atomic E-state index is 0.542. The Bertz CT molecular complexity index is 436. The number of aryl methyl sites for hydroxylation is 1. The lowest BCUT2D eigenvalue weighted by Gasteiger charge is -2.21. The first-order valence-electron chi connectivity index (χ1n) is 7.52. The molecule has 1 heterocycles. The van der Waals surface area contributed by atoms with Gasteiger partial charge in [0, 0.05) is 13.2 Å². The zero-order valence-corrected chi connectivity index (χ0v) is 11.3. The van der Waals surface area contributed by atoms with Crippen molar-refractivity contribution in [3.05, 3.63) is 18.0 Å². The SMILES string of the molecule is CCNC(c1ccnn1C)C1C2C3CCC(C3)C21. The van der Waals surface area contributed by atoms with Crippen molar-refractivity contribution in [1.29, 1.82) is 0 Å². The maximum atomic E-state index is 4.35. The van der Waals surface area contributed by atoms with Gasteiger partial charge >= 0.3 is 0 Å². The quantitative estimate of drug-likeness (QED) is 0.882. The van der Waals surface area contributed by atoms with Crippen molar-refractivity contribution in [2.45, 2.75) is 32.2 Å². The lowest BCUT2D eigenvalue weighted by atomic mass is 9.95. The van der Waals surface area contributed by atoms with E-state index in [1.807, 2.05) is 6.20 Å². The van der Waals surface area contributed by atoms with Crippen molar-refractivity contribution in [2.24, 2.45) is 36.6 Å². The molecule has 0 radical (unpaired) electrons. The number of hydrogen-bond donors (Lipinski definition) is 1. The first kappa shape index (κ1) is 11.0. The Morgan fingerprint density at radius 3 is 2.67 bits per heavy atom. The smallest absolute Gasteiger partial charge is 0.0553 e. The van der Waals surface area contributed by atoms with Gasteiger partial charge in [-0.25, -0.2) is 0 Å². The zero-order chi connectivity index (χ0) is 12.3. The summed E-state index contributed by atoms with van der Waals surface area (Å²) in [6.45, 7) is 3.28. The van der Waals surface area contributed by atoms with Crippen molar-refractivity contribution >= 4 is 0 Å². The fourth-order valence-electron chi connectivity index (χ4n) is 5.19. The summed E-state index contributed by atoms with van der Waals surface area (Å²) in [7, 11) is 2.08. The van der Waals surface area contributed by atoms with Crippen molar-refractivity contribution in [2.75, 3.05) is 6.54 Å². The van der Waals surface area contributed by atoms with Crippen molar-refractivity contribution < 1.29 is 0 Å². The molecule has 1 aromatic heterocycles. The average molecular weight is 245 g/mol. The molecule has 4 rings (SSSR count). The highest BCUT2D eigenvalue weighted by atomic mass is 15.3. The summed E-state index contributed by atoms with van der Waals surface area (Å²) in [5.41, 5.74) is 1.38. The first-order valence-corrected chi connectivity index (χ1v) is 7.52. The summed E-state index contributed by atoms with van der Waals surface area (Å²) in [6, 6.07) is 2.74. The van der Waals surface area contributed by atoms with Crippen LogP contribution in [-0.2, 0) is 7.05 Å². The third-order valence-corrected chi connectivity index (χ3v) is 5.78. The number of aromatic nitrogens is 2. The summed E-state index contributed by atoms with van der Waals surface area (Å²) in [5.74, 6) is 5.07. The van der Waals surface area contributed by atoms with Crippen LogP contribution < -0.4 is 5.32 Å². The summed E-state index contributed by atoms with van der Waals surface area (Å²) in [6.07, 6.45) is 6.49. The van der Waals surface area contributed by atoms with Gasteiger partial charge in [0.1, 0.15) is 0 Å². The van der Waals surface area contributed by atoms with Crippen LogP contribution in [0.15, 0.2) is 12.3 Å². The van der Waals surface area contributed by atoms with Crippen LogP contribution in [0.3, 0.4) is 0 Å². The van der Waals surface area contributed by atoms with Gasteiger partial charge in [-0.3, -0.25) is 4.68 Å². The third-order valence-electron chi connectivity index (χ3n) is 5.78. The lowest BCUT2D eigenvalue weighted by Crippen LogP contribution is -2.27. The molecule has 3 fully saturated rings. The van der Waals surface area contributed by atoms with E-state index in [9.17, 15) is 0 Å². The maximum Gasteiger partial charge on any atom is 0.0553 e. The van der Waals surface area contributed by atoms with Crippen LogP contribution in [0.4, 0.5) is 0 Å². The number of hydrogen-bond acceptors (Lipinski definition) is 2. The van der Waals surface area contributed by atoms with E-state index in [1.165, 1.54) is 25.0 Å². The lowest BCUT2D eigenvalue weighted by molar-refractivity contribution is 0.361. The highest BCUT2D eigenvalue weighted by Crippen LogP contribution is 2.72. The molecule has 0 spiro atoms. The van der Waals surface area contributed by atoms with Gasteiger partial charge in [0.05, 0.1) is 11.7 Å². The van der Waals surface area contributed by atoms with E-state index in [-0.39, 0.29) is 0 Å². The Balaban J connectivity index is 1.60. The highest BCUT2D eigenvalue weighted by molar-refractivity contribution is 5.21. The van der Waals surface area contributed by atoms with E-state index in [0.717, 1.165) is 36.1 Å². The predicted molar refractivity (Wildman–Crippen MR) is 70.9 cm³/mol. The fourth-order valence-corrected chi connectivity index (χ4v) is 5.19. The molecular weight excluding hydrogens is 222 g/mol. The van der Waals surface area contributed by atoms with E-state index < -0.39 is 0 Å². The molecule has 0 saturated heterocycles. The van der Waals surface area contributed by atoms with E-state index in [0.29, 0.717) is 6.04 Å². The Kier molecular flexibility index (Phi) is 2.35. The summed E-state index contributed by atoms with van der Waals surface area (Å²) >= 11 is 0. The van der Waals surface area contributed by atoms with E-state index >= 15 is 0 Å². The zero-order valence-electron chi connectivity index (χ0n) is 11.3. The van der Waals surface area contributed by atoms with Crippen molar-refractivity contribution in [3.8, 4) is 0 Å². The molecule has 3 nitrogen and oxygen atoms in total. The molecular formula is C15H23N3. The van der Waals surface area contributed by atoms with E-state index in [4.69, 9.17) is 0 Å². The molecule has 0 aromatic carbocycles. The molecule has 0 aliphatic heterocycles. The van der Waals surface area contributed by atoms with E-state index in [2.05, 4.69) is 35.1 Å². The molecule has 1 aromatic rings. The van der Waals surface area contributed by atoms with Crippen LogP contribution in [-0.4, -0.2) is 16.3 Å². The summed E-state index contributed by atoms with van der Waals surface area (Å²) in [5, 5.41) is 8.08. The maximum absolute atomic E-state index is 4.35. The number of rotatable bonds is 4. The third kappa shape index (κ3) is 1.37. The largest absolute Gasteiger partial charge is 0.309 e. The van der Waals surface area contributed by atoms with Gasteiger partial charge in [-0.2, -0.15) is 5.10 Å². The summed E-state index contributed by atoms with van der Waals surface area (Å²) in [4.78, 5) is 0. The molecule has 1 N–H and O–H groups in total. The topological polar surface area (TPSA) is 29.9 Å². The monoisotopic (exact) mass is 245 g/mol. The van der Waals surface area contributed by atoms with Gasteiger partial charge in [0.2, 0.25) is 0 Å². The second kappa shape index (κ2) is 3.83. The first-order chi connectivity index (χ1) is 8.81. The van der Waals surface area contributed by atoms with E-state index in [1.54, 1.807) is 0 Å². The predicted octanol–water partition coefficient (Wildman–Crippen LogP) is 2.36. The second-order valence-electron chi connectivity index (χ2n) is 6.48. The Morgan fingerprint density at radius 1 is 1.39 bits per heavy atom. The van der Waals surface area contributed by atoms with Gasteiger partial charge in [0.15, 0.2) is 0 Å². The Morgan fingerprint density at radius 2 is 2.11 bits per heavy atom. The molecule has 3 saturated carbocycles. The van der Waals surface area contributed by atoms with Gasteiger partial charge < -0.3 is 5.32 Å². The molecule has 3 aliphatic rings. The highest BCUT2D eigenvalue weighted by Gasteiger charge is 2.66. The standard InChI is InChI=1S/C15H23N3/c1-3-16-15(11-6-7-17-18(11)2)14-12-9-4-5-10(8-9)13(12)14/h6-7,9-10,12-16H,3-5,8H2,1-2H3. The fraction of sp³-hybridized carbons (Fsp3) is 0.800. The van der Waals surface area contributed by atoms with Crippen LogP contribution >= 0.6 is 0 Å². The van der Waals surface area contributed by atoms with Crippen LogP contribution in [0.2, 0.25) is 0 Å². The normalized spacial score (nSPS) is 42.0. The Labute approximate surface area is 109 Å². The number of nitrogens with zero attached hydrogens (tertiary/aromatic N) is 2. The van der Waals surface area contributed by atoms with Gasteiger partial charge in [0.25, 0.3) is 0 Å². The van der Waals surface area contributed by atoms with Gasteiger partial charge in [-0.1, -0.05) is 6.92 Å². The van der Waals surface area contributed by atoms with Gasteiger partial charge in [-0.15, -0.1) is 0 Å². The molecule has 98 valence electrons. The van der Waals surface area contributed by atoms with Crippen molar-refractivity contribution in [1.82, 2.24) is 15.1 Å². The minimum absolute atomic E-state index is 0.542. The molecule has 18 heavy (non-hydrogen) atoms. The van der Waals surface area contributed by atoms with Crippen molar-refractivity contribution in [3.63, 3.8) is 0 Å². The van der Waals surface area contributed by atoms with Gasteiger partial charge in [-0.05, 0) is 61.5 Å². The molecule has 0 amide bonds. The average Bonchev–Trinajstić information content (AvgIpc) is 2.72. The van der Waals surface area contributed by atoms with Crippen LogP contribution in [0.5, 0.6) is 0 Å². The summed E-state index contributed by atoms with van der Waals surface area (Å²) < 4.78 is 2.06. The molecule has 3 aliphatic carbocycles. The second-order valence-corrected chi connectivity index (χ2v) is 6.48. The molecule has 3 heteroatoms. The van der Waals surface area contributed by atoms with Crippen LogP contribution in [0, 0.1) is 29.6 Å².